The molecule has 31 heavy (non-hydrogen) atoms. The molecule has 5 aromatic rings. The molecule has 0 unspecified atom stereocenters. The molecule has 3 aromatic carbocycles. The van der Waals surface area contributed by atoms with Gasteiger partial charge in [0.2, 0.25) is 5.69 Å². The summed E-state index contributed by atoms with van der Waals surface area (Å²) < 4.78 is 1.88. The van der Waals surface area contributed by atoms with E-state index in [2.05, 4.69) is 15.9 Å². The van der Waals surface area contributed by atoms with Crippen molar-refractivity contribution < 1.29 is 5.11 Å². The molecular weight excluding hydrogens is 384 g/mol. The smallest absolute Gasteiger partial charge is 0.212 e. The summed E-state index contributed by atoms with van der Waals surface area (Å²) in [5, 5.41) is 10.4. The molecule has 0 aliphatic carbocycles. The van der Waals surface area contributed by atoms with Crippen LogP contribution in [0.4, 0.5) is 5.69 Å². The Morgan fingerprint density at radius 2 is 1.68 bits per heavy atom. The molecule has 0 bridgehead atoms. The number of phenolic OH excluding ortho intramolecular Hbond substituents is 1. The minimum atomic E-state index is 0.156. The Kier molecular flexibility index (Phi) is 4.46. The summed E-state index contributed by atoms with van der Waals surface area (Å²) in [7, 11) is 1.87. The van der Waals surface area contributed by atoms with Gasteiger partial charge >= 0.3 is 0 Å². The van der Waals surface area contributed by atoms with Crippen molar-refractivity contribution in [3.63, 3.8) is 0 Å². The van der Waals surface area contributed by atoms with Crippen molar-refractivity contribution in [2.24, 2.45) is 7.05 Å². The Morgan fingerprint density at radius 1 is 0.871 bits per heavy atom. The highest BCUT2D eigenvalue weighted by Crippen LogP contribution is 2.39. The van der Waals surface area contributed by atoms with E-state index in [1.54, 1.807) is 18.3 Å². The fourth-order valence-electron chi connectivity index (χ4n) is 3.91. The number of aryl methyl sites for hydroxylation is 1. The van der Waals surface area contributed by atoms with Crippen molar-refractivity contribution >= 4 is 16.7 Å². The third-order valence-electron chi connectivity index (χ3n) is 5.40. The third kappa shape index (κ3) is 3.11. The molecule has 0 aliphatic rings. The highest BCUT2D eigenvalue weighted by Gasteiger charge is 2.19. The van der Waals surface area contributed by atoms with Gasteiger partial charge in [0.1, 0.15) is 11.6 Å². The van der Waals surface area contributed by atoms with E-state index in [1.807, 2.05) is 72.3 Å². The largest absolute Gasteiger partial charge is 0.507 e. The van der Waals surface area contributed by atoms with Crippen LogP contribution in [0.2, 0.25) is 0 Å². The van der Waals surface area contributed by atoms with Gasteiger partial charge in [-0.05, 0) is 35.9 Å². The number of nitrogens with zero attached hydrogens (tertiary/aromatic N) is 4. The molecule has 0 fully saturated rings. The van der Waals surface area contributed by atoms with Crippen molar-refractivity contribution in [1.29, 1.82) is 0 Å². The minimum absolute atomic E-state index is 0.156. The monoisotopic (exact) mass is 402 g/mol. The first-order valence-corrected chi connectivity index (χ1v) is 9.84. The number of phenols is 1. The molecule has 148 valence electrons. The molecule has 0 radical (unpaired) electrons. The predicted octanol–water partition coefficient (Wildman–Crippen LogP) is 6.23. The summed E-state index contributed by atoms with van der Waals surface area (Å²) in [6.45, 7) is 7.63. The van der Waals surface area contributed by atoms with Crippen LogP contribution < -0.4 is 0 Å². The third-order valence-corrected chi connectivity index (χ3v) is 5.40. The van der Waals surface area contributed by atoms with Gasteiger partial charge in [-0.15, -0.1) is 0 Å². The summed E-state index contributed by atoms with van der Waals surface area (Å²) in [5.74, 6) is 0.773. The van der Waals surface area contributed by atoms with Gasteiger partial charge in [-0.2, -0.15) is 0 Å². The number of rotatable bonds is 3. The zero-order valence-corrected chi connectivity index (χ0v) is 16.8. The Morgan fingerprint density at radius 3 is 2.45 bits per heavy atom. The lowest BCUT2D eigenvalue weighted by Gasteiger charge is -2.08. The van der Waals surface area contributed by atoms with Crippen LogP contribution >= 0.6 is 0 Å². The lowest BCUT2D eigenvalue weighted by atomic mass is 10.00. The standard InChI is InChI=1S/C26H18N4O/c1-27-22-14-13-19(17-8-7-9-18(16-17)21-11-5-6-15-28-21)24-25(22)30(2)26(29-24)20-10-3-4-12-23(20)31/h3-16,31H,2H3. The van der Waals surface area contributed by atoms with Crippen molar-refractivity contribution in [3.05, 3.63) is 96.5 Å². The lowest BCUT2D eigenvalue weighted by Crippen LogP contribution is -1.92. The van der Waals surface area contributed by atoms with E-state index in [-0.39, 0.29) is 5.75 Å². The predicted molar refractivity (Wildman–Crippen MR) is 123 cm³/mol. The molecule has 5 nitrogen and oxygen atoms in total. The number of hydrogen-bond acceptors (Lipinski definition) is 3. The topological polar surface area (TPSA) is 55.3 Å². The van der Waals surface area contributed by atoms with E-state index in [4.69, 9.17) is 11.6 Å². The Hall–Kier alpha value is -4.43. The Labute approximate surface area is 179 Å². The number of imidazole rings is 1. The normalized spacial score (nSPS) is 10.8. The van der Waals surface area contributed by atoms with Gasteiger partial charge in [0, 0.05) is 24.4 Å². The van der Waals surface area contributed by atoms with Gasteiger partial charge in [0.25, 0.3) is 0 Å². The fourth-order valence-corrected chi connectivity index (χ4v) is 3.91. The Bertz CT molecular complexity index is 1460. The summed E-state index contributed by atoms with van der Waals surface area (Å²) in [5.41, 5.74) is 6.46. The highest BCUT2D eigenvalue weighted by atomic mass is 16.3. The zero-order chi connectivity index (χ0) is 21.4. The molecule has 0 spiro atoms. The molecule has 0 saturated heterocycles. The van der Waals surface area contributed by atoms with E-state index >= 15 is 0 Å². The number of aromatic hydroxyl groups is 1. The molecule has 5 heteroatoms. The second kappa shape index (κ2) is 7.43. The van der Waals surface area contributed by atoms with Gasteiger partial charge in [-0.25, -0.2) is 9.83 Å². The van der Waals surface area contributed by atoms with Crippen LogP contribution in [-0.2, 0) is 7.05 Å². The van der Waals surface area contributed by atoms with Gasteiger partial charge in [-0.1, -0.05) is 48.5 Å². The molecule has 2 aromatic heterocycles. The van der Waals surface area contributed by atoms with Crippen molar-refractivity contribution in [2.45, 2.75) is 0 Å². The molecule has 0 amide bonds. The summed E-state index contributed by atoms with van der Waals surface area (Å²) in [6, 6.07) is 24.9. The first-order valence-electron chi connectivity index (χ1n) is 9.84. The second-order valence-electron chi connectivity index (χ2n) is 7.25. The summed E-state index contributed by atoms with van der Waals surface area (Å²) in [6.07, 6.45) is 1.78. The van der Waals surface area contributed by atoms with Crippen LogP contribution in [0.15, 0.2) is 85.1 Å². The van der Waals surface area contributed by atoms with E-state index in [0.717, 1.165) is 33.4 Å². The van der Waals surface area contributed by atoms with Gasteiger partial charge in [0.05, 0.1) is 28.9 Å². The Balaban J connectivity index is 1.76. The van der Waals surface area contributed by atoms with Crippen LogP contribution in [0.5, 0.6) is 5.75 Å². The molecule has 0 saturated carbocycles. The highest BCUT2D eigenvalue weighted by molar-refractivity contribution is 6.02. The van der Waals surface area contributed by atoms with Crippen LogP contribution in [0.1, 0.15) is 0 Å². The number of benzene rings is 3. The van der Waals surface area contributed by atoms with E-state index < -0.39 is 0 Å². The molecular formula is C26H18N4O. The van der Waals surface area contributed by atoms with E-state index in [1.165, 1.54) is 0 Å². The molecule has 0 atom stereocenters. The van der Waals surface area contributed by atoms with Crippen LogP contribution in [0.25, 0.3) is 49.7 Å². The second-order valence-corrected chi connectivity index (χ2v) is 7.25. The van der Waals surface area contributed by atoms with E-state index in [9.17, 15) is 5.11 Å². The van der Waals surface area contributed by atoms with Gasteiger partial charge in [-0.3, -0.25) is 4.98 Å². The molecule has 2 heterocycles. The maximum Gasteiger partial charge on any atom is 0.212 e. The minimum Gasteiger partial charge on any atom is -0.507 e. The molecule has 5 rings (SSSR count). The molecule has 1 N–H and O–H groups in total. The number of hydrogen-bond donors (Lipinski definition) is 1. The summed E-state index contributed by atoms with van der Waals surface area (Å²) in [4.78, 5) is 13.0. The SMILES string of the molecule is [C-]#[N+]c1ccc(-c2cccc(-c3ccccn3)c2)c2nc(-c3ccccc3O)n(C)c12. The summed E-state index contributed by atoms with van der Waals surface area (Å²) >= 11 is 0. The van der Waals surface area contributed by atoms with Crippen LogP contribution in [0, 0.1) is 6.57 Å². The maximum atomic E-state index is 10.4. The first-order chi connectivity index (χ1) is 15.2. The van der Waals surface area contributed by atoms with Gasteiger partial charge < -0.3 is 9.67 Å². The number of para-hydroxylation sites is 1. The maximum absolute atomic E-state index is 10.4. The van der Waals surface area contributed by atoms with Crippen molar-refractivity contribution in [2.75, 3.05) is 0 Å². The van der Waals surface area contributed by atoms with E-state index in [0.29, 0.717) is 17.1 Å². The van der Waals surface area contributed by atoms with Crippen LogP contribution in [-0.4, -0.2) is 19.6 Å². The van der Waals surface area contributed by atoms with Crippen molar-refractivity contribution in [1.82, 2.24) is 14.5 Å². The lowest BCUT2D eigenvalue weighted by molar-refractivity contribution is 0.476. The number of fused-ring (bicyclic) bond motifs is 1. The number of aromatic nitrogens is 3. The van der Waals surface area contributed by atoms with Crippen molar-refractivity contribution in [3.8, 4) is 39.5 Å². The average Bonchev–Trinajstić information content (AvgIpc) is 3.16. The average molecular weight is 402 g/mol. The van der Waals surface area contributed by atoms with Gasteiger partial charge in [0.15, 0.2) is 0 Å². The zero-order valence-electron chi connectivity index (χ0n) is 16.8. The fraction of sp³-hybridized carbons (Fsp3) is 0.0385. The molecule has 0 aliphatic heterocycles. The van der Waals surface area contributed by atoms with Crippen LogP contribution in [0.3, 0.4) is 0 Å². The quantitative estimate of drug-likeness (QED) is 0.364. The number of pyridine rings is 1. The first kappa shape index (κ1) is 18.6.